The van der Waals surface area contributed by atoms with Crippen molar-refractivity contribution in [1.82, 2.24) is 4.90 Å². The summed E-state index contributed by atoms with van der Waals surface area (Å²) in [6, 6.07) is 3.54. The molecule has 42 heavy (non-hydrogen) atoms. The molecular formula is C30H35NO11. The van der Waals surface area contributed by atoms with Crippen LogP contribution >= 0.6 is 0 Å². The number of benzene rings is 2. The normalized spacial score (nSPS) is 30.5. The number of aromatic hydroxyl groups is 3. The lowest BCUT2D eigenvalue weighted by atomic mass is 9.70. The minimum atomic E-state index is -1.82. The molecule has 12 heteroatoms. The van der Waals surface area contributed by atoms with Crippen LogP contribution in [0.3, 0.4) is 0 Å². The van der Waals surface area contributed by atoms with Crippen molar-refractivity contribution >= 4 is 17.5 Å². The predicted octanol–water partition coefficient (Wildman–Crippen LogP) is 2.21. The summed E-state index contributed by atoms with van der Waals surface area (Å²) in [6.07, 6.45) is -5.15. The quantitative estimate of drug-likeness (QED) is 0.218. The molecule has 7 unspecified atom stereocenters. The van der Waals surface area contributed by atoms with Crippen LogP contribution in [0.1, 0.15) is 95.2 Å². The molecule has 1 heterocycles. The SMILES string of the molecule is CCC1(O)CC(OC2CC(N(C)C)C(O)C(C)O2)c2c(O)c3c(c(O)c2C1OC(C)=O)C(=O)c1cccc(O)c1C3=O. The molecule has 3 aliphatic rings. The summed E-state index contributed by atoms with van der Waals surface area (Å²) < 4.78 is 17.7. The number of aliphatic hydroxyl groups is 2. The van der Waals surface area contributed by atoms with Gasteiger partial charge in [-0.1, -0.05) is 19.1 Å². The van der Waals surface area contributed by atoms with Crippen LogP contribution in [0.25, 0.3) is 0 Å². The standard InChI is InChI=1S/C30H35NO11/c1-6-30(39)11-17(42-18-10-15(31(4)5)24(34)12(2)40-18)20-23(29(30)41-13(3)32)28(38)21-22(27(20)37)26(36)19-14(25(21)35)8-7-9-16(19)33/h7-9,12,15,17-18,24,29,33-34,37-39H,6,10-11H2,1-5H3. The van der Waals surface area contributed by atoms with Gasteiger partial charge in [-0.3, -0.25) is 14.4 Å². The van der Waals surface area contributed by atoms with Gasteiger partial charge in [0.25, 0.3) is 0 Å². The van der Waals surface area contributed by atoms with Crippen molar-refractivity contribution < 1.29 is 54.1 Å². The fraction of sp³-hybridized carbons (Fsp3) is 0.500. The second-order valence-corrected chi connectivity index (χ2v) is 11.4. The lowest BCUT2D eigenvalue weighted by molar-refractivity contribution is -0.261. The molecule has 2 aromatic carbocycles. The minimum Gasteiger partial charge on any atom is -0.507 e. The topological polar surface area (TPSA) is 183 Å². The molecule has 226 valence electrons. The van der Waals surface area contributed by atoms with Gasteiger partial charge >= 0.3 is 5.97 Å². The molecule has 2 aliphatic carbocycles. The number of nitrogens with zero attached hydrogens (tertiary/aromatic N) is 1. The minimum absolute atomic E-state index is 0.0199. The Morgan fingerprint density at radius 1 is 1.07 bits per heavy atom. The van der Waals surface area contributed by atoms with Crippen molar-refractivity contribution in [2.45, 2.75) is 82.4 Å². The molecule has 0 bridgehead atoms. The Kier molecular flexibility index (Phi) is 7.57. The van der Waals surface area contributed by atoms with Crippen molar-refractivity contribution in [1.29, 1.82) is 0 Å². The lowest BCUT2D eigenvalue weighted by Crippen LogP contribution is -2.54. The van der Waals surface area contributed by atoms with Gasteiger partial charge in [0.15, 0.2) is 18.2 Å². The van der Waals surface area contributed by atoms with Gasteiger partial charge in [0.2, 0.25) is 5.78 Å². The first kappa shape index (κ1) is 29.9. The van der Waals surface area contributed by atoms with Crippen LogP contribution in [0.4, 0.5) is 0 Å². The van der Waals surface area contributed by atoms with Crippen molar-refractivity contribution in [3.8, 4) is 17.2 Å². The van der Waals surface area contributed by atoms with E-state index < -0.39 is 82.2 Å². The molecule has 0 radical (unpaired) electrons. The number of ketones is 2. The van der Waals surface area contributed by atoms with E-state index in [4.69, 9.17) is 14.2 Å². The number of carbonyl (C=O) groups is 3. The second-order valence-electron chi connectivity index (χ2n) is 11.4. The Labute approximate surface area is 242 Å². The van der Waals surface area contributed by atoms with Crippen molar-refractivity contribution in [2.75, 3.05) is 14.1 Å². The van der Waals surface area contributed by atoms with E-state index >= 15 is 0 Å². The fourth-order valence-electron chi connectivity index (χ4n) is 6.41. The Balaban J connectivity index is 1.72. The highest BCUT2D eigenvalue weighted by molar-refractivity contribution is 6.31. The van der Waals surface area contributed by atoms with Crippen molar-refractivity contribution in [2.24, 2.45) is 0 Å². The molecule has 0 aromatic heterocycles. The Hall–Kier alpha value is -3.55. The molecule has 2 aromatic rings. The van der Waals surface area contributed by atoms with Crippen molar-refractivity contribution in [3.63, 3.8) is 0 Å². The highest BCUT2D eigenvalue weighted by atomic mass is 16.7. The van der Waals surface area contributed by atoms with Gasteiger partial charge in [0, 0.05) is 42.5 Å². The Morgan fingerprint density at radius 3 is 2.33 bits per heavy atom. The van der Waals surface area contributed by atoms with Crippen LogP contribution in [0, 0.1) is 0 Å². The van der Waals surface area contributed by atoms with E-state index in [1.54, 1.807) is 27.9 Å². The van der Waals surface area contributed by atoms with E-state index in [1.165, 1.54) is 18.2 Å². The van der Waals surface area contributed by atoms with E-state index in [0.717, 1.165) is 6.92 Å². The van der Waals surface area contributed by atoms with Crippen LogP contribution in [0.15, 0.2) is 18.2 Å². The maximum atomic E-state index is 13.7. The average Bonchev–Trinajstić information content (AvgIpc) is 2.92. The maximum Gasteiger partial charge on any atom is 0.303 e. The smallest absolute Gasteiger partial charge is 0.303 e. The number of phenolic OH excluding ortho intramolecular Hbond substituents is 3. The summed E-state index contributed by atoms with van der Waals surface area (Å²) in [5.74, 6) is -4.47. The average molecular weight is 586 g/mol. The summed E-state index contributed by atoms with van der Waals surface area (Å²) >= 11 is 0. The van der Waals surface area contributed by atoms with Gasteiger partial charge in [-0.2, -0.15) is 0 Å². The summed E-state index contributed by atoms with van der Waals surface area (Å²) in [5, 5.41) is 56.1. The Morgan fingerprint density at radius 2 is 1.71 bits per heavy atom. The van der Waals surface area contributed by atoms with Crippen molar-refractivity contribution in [3.05, 3.63) is 51.6 Å². The van der Waals surface area contributed by atoms with Gasteiger partial charge in [0.1, 0.15) is 22.8 Å². The van der Waals surface area contributed by atoms with E-state index in [-0.39, 0.29) is 47.6 Å². The van der Waals surface area contributed by atoms with Crippen LogP contribution in [-0.2, 0) is 19.0 Å². The molecule has 7 atom stereocenters. The van der Waals surface area contributed by atoms with E-state index in [9.17, 15) is 39.9 Å². The van der Waals surface area contributed by atoms with Gasteiger partial charge in [-0.15, -0.1) is 0 Å². The fourth-order valence-corrected chi connectivity index (χ4v) is 6.41. The zero-order chi connectivity index (χ0) is 30.8. The first-order valence-electron chi connectivity index (χ1n) is 13.8. The second kappa shape index (κ2) is 10.6. The third kappa shape index (κ3) is 4.54. The highest BCUT2D eigenvalue weighted by Gasteiger charge is 2.53. The number of carbonyl (C=O) groups excluding carboxylic acids is 3. The van der Waals surface area contributed by atoms with Crippen LogP contribution < -0.4 is 0 Å². The number of ether oxygens (including phenoxy) is 3. The van der Waals surface area contributed by atoms with Gasteiger partial charge in [0.05, 0.1) is 35.0 Å². The lowest BCUT2D eigenvalue weighted by Gasteiger charge is -2.46. The number of aliphatic hydroxyl groups excluding tert-OH is 1. The molecule has 1 saturated heterocycles. The molecule has 1 aliphatic heterocycles. The van der Waals surface area contributed by atoms with Gasteiger partial charge in [-0.25, -0.2) is 0 Å². The van der Waals surface area contributed by atoms with E-state index in [1.807, 2.05) is 4.90 Å². The number of hydrogen-bond acceptors (Lipinski definition) is 12. The molecule has 12 nitrogen and oxygen atoms in total. The zero-order valence-corrected chi connectivity index (χ0v) is 24.0. The molecule has 1 fully saturated rings. The van der Waals surface area contributed by atoms with Crippen LogP contribution in [-0.4, -0.2) is 92.2 Å². The zero-order valence-electron chi connectivity index (χ0n) is 24.0. The third-order valence-electron chi connectivity index (χ3n) is 8.65. The molecule has 0 amide bonds. The van der Waals surface area contributed by atoms with Crippen LogP contribution in [0.2, 0.25) is 0 Å². The number of esters is 1. The highest BCUT2D eigenvalue weighted by Crippen LogP contribution is 2.57. The van der Waals surface area contributed by atoms with E-state index in [2.05, 4.69) is 0 Å². The molecular weight excluding hydrogens is 550 g/mol. The van der Waals surface area contributed by atoms with Gasteiger partial charge in [-0.05, 0) is 33.5 Å². The van der Waals surface area contributed by atoms with E-state index in [0.29, 0.717) is 0 Å². The largest absolute Gasteiger partial charge is 0.507 e. The summed E-state index contributed by atoms with van der Waals surface area (Å²) in [7, 11) is 3.59. The summed E-state index contributed by atoms with van der Waals surface area (Å²) in [4.78, 5) is 41.3. The molecule has 0 saturated carbocycles. The number of fused-ring (bicyclic) bond motifs is 3. The monoisotopic (exact) mass is 585 g/mol. The molecule has 0 spiro atoms. The third-order valence-corrected chi connectivity index (χ3v) is 8.65. The Bertz CT molecular complexity index is 1470. The summed E-state index contributed by atoms with van der Waals surface area (Å²) in [6.45, 7) is 4.43. The maximum absolute atomic E-state index is 13.7. The predicted molar refractivity (Wildman–Crippen MR) is 145 cm³/mol. The van der Waals surface area contributed by atoms with Gasteiger partial charge < -0.3 is 44.6 Å². The summed E-state index contributed by atoms with van der Waals surface area (Å²) in [5.41, 5.74) is -3.82. The number of likely N-dealkylation sites (N-methyl/N-ethyl adjacent to an activating group) is 1. The first-order chi connectivity index (χ1) is 19.7. The molecule has 5 rings (SSSR count). The van der Waals surface area contributed by atoms with Crippen LogP contribution in [0.5, 0.6) is 17.2 Å². The number of rotatable bonds is 5. The molecule has 5 N–H and O–H groups in total. The number of phenols is 3. The number of hydrogen-bond donors (Lipinski definition) is 5. The first-order valence-corrected chi connectivity index (χ1v) is 13.8.